The third-order valence-corrected chi connectivity index (χ3v) is 3.76. The second-order valence-corrected chi connectivity index (χ2v) is 5.83. The summed E-state index contributed by atoms with van der Waals surface area (Å²) in [4.78, 5) is 12.2. The molecule has 1 N–H and O–H groups in total. The van der Waals surface area contributed by atoms with E-state index >= 15 is 0 Å². The fourth-order valence-corrected chi connectivity index (χ4v) is 2.71. The Bertz CT molecular complexity index is 603. The molecule has 0 spiro atoms. The summed E-state index contributed by atoms with van der Waals surface area (Å²) >= 11 is 1.64. The minimum Gasteiger partial charge on any atom is -0.491 e. The van der Waals surface area contributed by atoms with Crippen LogP contribution in [0.2, 0.25) is 0 Å². The van der Waals surface area contributed by atoms with Gasteiger partial charge in [0.05, 0.1) is 11.0 Å². The number of hydrogen-bond donors (Lipinski definition) is 1. The molecular formula is C15H18N2O4S. The second-order valence-electron chi connectivity index (χ2n) is 5.05. The van der Waals surface area contributed by atoms with Gasteiger partial charge in [-0.2, -0.15) is 11.3 Å². The Labute approximate surface area is 132 Å². The number of aliphatic hydroxyl groups is 1. The first-order valence-corrected chi connectivity index (χ1v) is 7.74. The highest BCUT2D eigenvalue weighted by atomic mass is 32.1. The van der Waals surface area contributed by atoms with Gasteiger partial charge in [-0.25, -0.2) is 0 Å². The maximum atomic E-state index is 10.7. The molecule has 0 amide bonds. The molecule has 1 atom stereocenters. The van der Waals surface area contributed by atoms with Gasteiger partial charge in [-0.05, 0) is 35.5 Å². The van der Waals surface area contributed by atoms with E-state index in [1.54, 1.807) is 23.5 Å². The summed E-state index contributed by atoms with van der Waals surface area (Å²) < 4.78 is 5.42. The van der Waals surface area contributed by atoms with Crippen LogP contribution in [0.25, 0.3) is 0 Å². The number of nitro benzene ring substituents is 1. The van der Waals surface area contributed by atoms with Crippen LogP contribution in [0.3, 0.4) is 0 Å². The van der Waals surface area contributed by atoms with Gasteiger partial charge >= 0.3 is 0 Å². The quantitative estimate of drug-likeness (QED) is 0.597. The van der Waals surface area contributed by atoms with E-state index in [1.165, 1.54) is 17.7 Å². The lowest BCUT2D eigenvalue weighted by Gasteiger charge is -2.20. The molecule has 118 valence electrons. The molecule has 0 aliphatic carbocycles. The number of nitro groups is 1. The van der Waals surface area contributed by atoms with Crippen LogP contribution in [0.15, 0.2) is 41.1 Å². The van der Waals surface area contributed by atoms with E-state index in [1.807, 2.05) is 23.4 Å². The zero-order valence-electron chi connectivity index (χ0n) is 12.2. The summed E-state index contributed by atoms with van der Waals surface area (Å²) in [6.07, 6.45) is -0.664. The maximum absolute atomic E-state index is 10.7. The molecule has 0 saturated carbocycles. The summed E-state index contributed by atoms with van der Waals surface area (Å²) in [6.45, 7) is 1.32. The van der Waals surface area contributed by atoms with Gasteiger partial charge in [0.25, 0.3) is 5.69 Å². The minimum atomic E-state index is -0.664. The first-order valence-electron chi connectivity index (χ1n) is 6.79. The third kappa shape index (κ3) is 5.10. The van der Waals surface area contributed by atoms with E-state index in [9.17, 15) is 15.2 Å². The molecule has 2 aromatic rings. The zero-order valence-corrected chi connectivity index (χ0v) is 13.0. The van der Waals surface area contributed by atoms with Gasteiger partial charge in [0, 0.05) is 19.2 Å². The maximum Gasteiger partial charge on any atom is 0.273 e. The molecule has 22 heavy (non-hydrogen) atoms. The molecule has 0 fully saturated rings. The monoisotopic (exact) mass is 322 g/mol. The van der Waals surface area contributed by atoms with E-state index in [2.05, 4.69) is 5.38 Å². The lowest BCUT2D eigenvalue weighted by Crippen LogP contribution is -2.32. The zero-order chi connectivity index (χ0) is 15.9. The Hall–Kier alpha value is -1.96. The van der Waals surface area contributed by atoms with Crippen LogP contribution >= 0.6 is 11.3 Å². The van der Waals surface area contributed by atoms with Crippen molar-refractivity contribution in [2.45, 2.75) is 12.6 Å². The summed E-state index contributed by atoms with van der Waals surface area (Å²) in [6, 6.07) is 7.99. The SMILES string of the molecule is CN(Cc1ccsc1)CC(O)COc1cccc([N+](=O)[O-])c1. The highest BCUT2D eigenvalue weighted by Crippen LogP contribution is 2.19. The van der Waals surface area contributed by atoms with Gasteiger partial charge in [-0.1, -0.05) is 6.07 Å². The van der Waals surface area contributed by atoms with Gasteiger partial charge in [0.1, 0.15) is 18.5 Å². The van der Waals surface area contributed by atoms with Crippen molar-refractivity contribution in [1.29, 1.82) is 0 Å². The Morgan fingerprint density at radius 1 is 1.45 bits per heavy atom. The second kappa shape index (κ2) is 7.88. The van der Waals surface area contributed by atoms with Crippen LogP contribution < -0.4 is 4.74 Å². The minimum absolute atomic E-state index is 0.0263. The van der Waals surface area contributed by atoms with Crippen molar-refractivity contribution in [2.75, 3.05) is 20.2 Å². The molecule has 1 aromatic carbocycles. The largest absolute Gasteiger partial charge is 0.491 e. The van der Waals surface area contributed by atoms with Crippen molar-refractivity contribution >= 4 is 17.0 Å². The number of non-ortho nitro benzene ring substituents is 1. The highest BCUT2D eigenvalue weighted by Gasteiger charge is 2.11. The van der Waals surface area contributed by atoms with Crippen LogP contribution in [0.4, 0.5) is 5.69 Å². The fourth-order valence-electron chi connectivity index (χ4n) is 2.05. The van der Waals surface area contributed by atoms with Crippen LogP contribution in [-0.4, -0.2) is 41.2 Å². The summed E-state index contributed by atoms with van der Waals surface area (Å²) in [5.41, 5.74) is 1.18. The number of likely N-dealkylation sites (N-methyl/N-ethyl adjacent to an activating group) is 1. The molecule has 0 radical (unpaired) electrons. The number of nitrogens with zero attached hydrogens (tertiary/aromatic N) is 2. The van der Waals surface area contributed by atoms with E-state index in [0.717, 1.165) is 6.54 Å². The molecule has 6 nitrogen and oxygen atoms in total. The number of benzene rings is 1. The van der Waals surface area contributed by atoms with Gasteiger partial charge in [-0.15, -0.1) is 0 Å². The smallest absolute Gasteiger partial charge is 0.273 e. The summed E-state index contributed by atoms with van der Waals surface area (Å²) in [5, 5.41) is 24.8. The predicted molar refractivity (Wildman–Crippen MR) is 85.3 cm³/mol. The molecule has 1 aromatic heterocycles. The predicted octanol–water partition coefficient (Wildman–Crippen LogP) is 2.53. The number of aliphatic hydroxyl groups excluding tert-OH is 1. The Morgan fingerprint density at radius 3 is 2.95 bits per heavy atom. The van der Waals surface area contributed by atoms with Crippen LogP contribution in [0, 0.1) is 10.1 Å². The fraction of sp³-hybridized carbons (Fsp3) is 0.333. The Kier molecular flexibility index (Phi) is 5.88. The molecule has 1 heterocycles. The molecule has 2 rings (SSSR count). The van der Waals surface area contributed by atoms with E-state index in [0.29, 0.717) is 12.3 Å². The number of rotatable bonds is 8. The number of ether oxygens (including phenoxy) is 1. The average molecular weight is 322 g/mol. The lowest BCUT2D eigenvalue weighted by atomic mass is 10.3. The van der Waals surface area contributed by atoms with Gasteiger partial charge in [0.2, 0.25) is 0 Å². The summed E-state index contributed by atoms with van der Waals surface area (Å²) in [5.74, 6) is 0.383. The van der Waals surface area contributed by atoms with Crippen molar-refractivity contribution < 1.29 is 14.8 Å². The first-order chi connectivity index (χ1) is 10.5. The van der Waals surface area contributed by atoms with Gasteiger partial charge in [-0.3, -0.25) is 15.0 Å². The number of hydrogen-bond acceptors (Lipinski definition) is 6. The summed E-state index contributed by atoms with van der Waals surface area (Å²) in [7, 11) is 1.92. The van der Waals surface area contributed by atoms with Crippen molar-refractivity contribution in [3.8, 4) is 5.75 Å². The van der Waals surface area contributed by atoms with Crippen LogP contribution in [0.5, 0.6) is 5.75 Å². The van der Waals surface area contributed by atoms with Crippen LogP contribution in [-0.2, 0) is 6.54 Å². The Morgan fingerprint density at radius 2 is 2.27 bits per heavy atom. The van der Waals surface area contributed by atoms with Gasteiger partial charge < -0.3 is 9.84 Å². The van der Waals surface area contributed by atoms with Crippen molar-refractivity contribution in [2.24, 2.45) is 0 Å². The molecule has 1 unspecified atom stereocenters. The van der Waals surface area contributed by atoms with Crippen molar-refractivity contribution in [3.05, 3.63) is 56.8 Å². The number of thiophene rings is 1. The van der Waals surface area contributed by atoms with Gasteiger partial charge in [0.15, 0.2) is 0 Å². The molecule has 0 aliphatic heterocycles. The van der Waals surface area contributed by atoms with Crippen LogP contribution in [0.1, 0.15) is 5.56 Å². The molecule has 0 saturated heterocycles. The topological polar surface area (TPSA) is 75.8 Å². The third-order valence-electron chi connectivity index (χ3n) is 3.03. The van der Waals surface area contributed by atoms with E-state index < -0.39 is 11.0 Å². The lowest BCUT2D eigenvalue weighted by molar-refractivity contribution is -0.384. The Balaban J connectivity index is 1.78. The first kappa shape index (κ1) is 16.4. The molecular weight excluding hydrogens is 304 g/mol. The standard InChI is InChI=1S/C15H18N2O4S/c1-16(8-12-5-6-22-11-12)9-14(18)10-21-15-4-2-3-13(7-15)17(19)20/h2-7,11,14,18H,8-10H2,1H3. The van der Waals surface area contributed by atoms with Crippen molar-refractivity contribution in [3.63, 3.8) is 0 Å². The molecule has 7 heteroatoms. The molecule has 0 bridgehead atoms. The normalized spacial score (nSPS) is 12.3. The van der Waals surface area contributed by atoms with Crippen molar-refractivity contribution in [1.82, 2.24) is 4.90 Å². The highest BCUT2D eigenvalue weighted by molar-refractivity contribution is 7.07. The molecule has 0 aliphatic rings. The van der Waals surface area contributed by atoms with E-state index in [4.69, 9.17) is 4.74 Å². The van der Waals surface area contributed by atoms with E-state index in [-0.39, 0.29) is 12.3 Å². The average Bonchev–Trinajstić information content (AvgIpc) is 2.98.